The van der Waals surface area contributed by atoms with Crippen LogP contribution in [-0.2, 0) is 9.84 Å². The lowest BCUT2D eigenvalue weighted by Gasteiger charge is -2.19. The lowest BCUT2D eigenvalue weighted by Crippen LogP contribution is -2.33. The number of amides is 1. The Labute approximate surface area is 163 Å². The van der Waals surface area contributed by atoms with E-state index in [0.717, 1.165) is 5.52 Å². The van der Waals surface area contributed by atoms with Gasteiger partial charge in [0.1, 0.15) is 0 Å². The van der Waals surface area contributed by atoms with Crippen molar-refractivity contribution in [2.24, 2.45) is 0 Å². The number of aromatic nitrogens is 1. The van der Waals surface area contributed by atoms with Crippen LogP contribution < -0.4 is 0 Å². The summed E-state index contributed by atoms with van der Waals surface area (Å²) in [6.45, 7) is 0.564. The van der Waals surface area contributed by atoms with Gasteiger partial charge in [0, 0.05) is 36.0 Å². The van der Waals surface area contributed by atoms with Gasteiger partial charge in [0.15, 0.2) is 9.84 Å². The average Bonchev–Trinajstić information content (AvgIpc) is 3.02. The van der Waals surface area contributed by atoms with E-state index in [-0.39, 0.29) is 18.2 Å². The molecule has 0 bridgehead atoms. The first-order valence-electron chi connectivity index (χ1n) is 8.78. The van der Waals surface area contributed by atoms with Gasteiger partial charge in [-0.1, -0.05) is 35.9 Å². The first-order valence-corrected chi connectivity index (χ1v) is 10.9. The number of hydrogen-bond donors (Lipinski definition) is 0. The zero-order valence-corrected chi connectivity index (χ0v) is 16.2. The third-order valence-electron chi connectivity index (χ3n) is 5.03. The van der Waals surface area contributed by atoms with Gasteiger partial charge < -0.3 is 9.30 Å². The number of carbonyl (C=O) groups is 1. The zero-order valence-electron chi connectivity index (χ0n) is 14.6. The van der Waals surface area contributed by atoms with Crippen molar-refractivity contribution < 1.29 is 13.2 Å². The standard InChI is InChI=1S/C20H19ClN2O3S/c21-18-7-2-1-6-17(18)19-8-10-22(11-12-27(19,25)26)20(24)15-13-16-5-3-4-9-23(16)14-15/h1-7,9,13-14,19H,8,10-12H2. The molecule has 0 aliphatic carbocycles. The highest BCUT2D eigenvalue weighted by molar-refractivity contribution is 7.91. The summed E-state index contributed by atoms with van der Waals surface area (Å²) in [4.78, 5) is 14.6. The lowest BCUT2D eigenvalue weighted by molar-refractivity contribution is 0.0766. The molecular formula is C20H19ClN2O3S. The number of rotatable bonds is 2. The minimum absolute atomic E-state index is 0.0675. The molecule has 3 aromatic rings. The summed E-state index contributed by atoms with van der Waals surface area (Å²) in [5.74, 6) is -0.212. The summed E-state index contributed by atoms with van der Waals surface area (Å²) < 4.78 is 27.5. The quantitative estimate of drug-likeness (QED) is 0.658. The number of hydrogen-bond acceptors (Lipinski definition) is 3. The molecule has 1 unspecified atom stereocenters. The van der Waals surface area contributed by atoms with E-state index < -0.39 is 15.1 Å². The summed E-state index contributed by atoms with van der Waals surface area (Å²) >= 11 is 6.23. The fraction of sp³-hybridized carbons (Fsp3) is 0.250. The van der Waals surface area contributed by atoms with Crippen LogP contribution in [0.15, 0.2) is 60.9 Å². The molecule has 1 aliphatic heterocycles. The highest BCUT2D eigenvalue weighted by Gasteiger charge is 2.34. The molecule has 140 valence electrons. The molecule has 0 spiro atoms. The fourth-order valence-corrected chi connectivity index (χ4v) is 5.74. The van der Waals surface area contributed by atoms with Gasteiger partial charge in [-0.3, -0.25) is 4.79 Å². The van der Waals surface area contributed by atoms with Crippen LogP contribution in [0, 0.1) is 0 Å². The Bertz CT molecular complexity index is 1070. The minimum Gasteiger partial charge on any atom is -0.338 e. The Morgan fingerprint density at radius 1 is 1.07 bits per heavy atom. The van der Waals surface area contributed by atoms with Crippen molar-refractivity contribution in [3.63, 3.8) is 0 Å². The molecule has 1 aliphatic rings. The van der Waals surface area contributed by atoms with E-state index >= 15 is 0 Å². The number of sulfone groups is 1. The second kappa shape index (κ2) is 7.02. The van der Waals surface area contributed by atoms with Crippen LogP contribution >= 0.6 is 11.6 Å². The van der Waals surface area contributed by atoms with Gasteiger partial charge in [-0.05, 0) is 36.2 Å². The second-order valence-electron chi connectivity index (χ2n) is 6.72. The van der Waals surface area contributed by atoms with Crippen molar-refractivity contribution in [3.05, 3.63) is 77.1 Å². The Kier molecular flexibility index (Phi) is 4.70. The van der Waals surface area contributed by atoms with E-state index in [1.807, 2.05) is 34.9 Å². The van der Waals surface area contributed by atoms with Crippen molar-refractivity contribution in [2.45, 2.75) is 11.7 Å². The Morgan fingerprint density at radius 3 is 2.63 bits per heavy atom. The van der Waals surface area contributed by atoms with Crippen LogP contribution in [0.1, 0.15) is 27.6 Å². The van der Waals surface area contributed by atoms with E-state index in [2.05, 4.69) is 0 Å². The summed E-state index contributed by atoms with van der Waals surface area (Å²) in [5, 5.41) is -0.235. The summed E-state index contributed by atoms with van der Waals surface area (Å²) in [6.07, 6.45) is 4.00. The highest BCUT2D eigenvalue weighted by atomic mass is 35.5. The molecule has 1 fully saturated rings. The second-order valence-corrected chi connectivity index (χ2v) is 9.43. The van der Waals surface area contributed by atoms with Crippen LogP contribution in [0.25, 0.3) is 5.52 Å². The first-order chi connectivity index (χ1) is 13.0. The van der Waals surface area contributed by atoms with E-state index in [4.69, 9.17) is 11.6 Å². The molecular weight excluding hydrogens is 384 g/mol. The maximum atomic E-state index is 12.9. The maximum Gasteiger partial charge on any atom is 0.255 e. The van der Waals surface area contributed by atoms with Gasteiger partial charge in [0.25, 0.3) is 5.91 Å². The van der Waals surface area contributed by atoms with Gasteiger partial charge in [-0.15, -0.1) is 0 Å². The molecule has 3 heterocycles. The van der Waals surface area contributed by atoms with Crippen LogP contribution in [0.2, 0.25) is 5.02 Å². The van der Waals surface area contributed by atoms with Gasteiger partial charge in [0.05, 0.1) is 16.6 Å². The normalized spacial score (nSPS) is 19.7. The summed E-state index contributed by atoms with van der Waals surface area (Å²) in [7, 11) is -3.39. The van der Waals surface area contributed by atoms with Crippen molar-refractivity contribution >= 4 is 32.9 Å². The lowest BCUT2D eigenvalue weighted by atomic mass is 10.1. The van der Waals surface area contributed by atoms with Crippen LogP contribution in [0.3, 0.4) is 0 Å². The molecule has 0 N–H and O–H groups in total. The summed E-state index contributed by atoms with van der Waals surface area (Å²) in [6, 6.07) is 14.6. The number of carbonyl (C=O) groups excluding carboxylic acids is 1. The van der Waals surface area contributed by atoms with Crippen LogP contribution in [0.4, 0.5) is 0 Å². The van der Waals surface area contributed by atoms with Crippen LogP contribution in [0.5, 0.6) is 0 Å². The van der Waals surface area contributed by atoms with Gasteiger partial charge in [-0.25, -0.2) is 8.42 Å². The van der Waals surface area contributed by atoms with Gasteiger partial charge in [-0.2, -0.15) is 0 Å². The van der Waals surface area contributed by atoms with E-state index in [1.165, 1.54) is 0 Å². The number of fused-ring (bicyclic) bond motifs is 1. The Balaban J connectivity index is 1.60. The molecule has 1 saturated heterocycles. The average molecular weight is 403 g/mol. The van der Waals surface area contributed by atoms with Gasteiger partial charge >= 0.3 is 0 Å². The molecule has 5 nitrogen and oxygen atoms in total. The third kappa shape index (κ3) is 3.47. The fourth-order valence-electron chi connectivity index (χ4n) is 3.59. The number of pyridine rings is 1. The molecule has 0 radical (unpaired) electrons. The highest BCUT2D eigenvalue weighted by Crippen LogP contribution is 2.34. The molecule has 1 atom stereocenters. The minimum atomic E-state index is -3.39. The predicted molar refractivity (Wildman–Crippen MR) is 106 cm³/mol. The van der Waals surface area contributed by atoms with Crippen molar-refractivity contribution in [1.82, 2.24) is 9.30 Å². The number of benzene rings is 1. The van der Waals surface area contributed by atoms with E-state index in [0.29, 0.717) is 29.1 Å². The molecule has 2 aromatic heterocycles. The number of nitrogens with zero attached hydrogens (tertiary/aromatic N) is 2. The number of halogens is 1. The zero-order chi connectivity index (χ0) is 19.0. The van der Waals surface area contributed by atoms with E-state index in [9.17, 15) is 13.2 Å². The Hall–Kier alpha value is -2.31. The van der Waals surface area contributed by atoms with Crippen molar-refractivity contribution in [2.75, 3.05) is 18.8 Å². The maximum absolute atomic E-state index is 12.9. The smallest absolute Gasteiger partial charge is 0.255 e. The SMILES string of the molecule is O=C(c1cc2ccccn2c1)N1CCC(c2ccccc2Cl)S(=O)(=O)CC1. The molecule has 27 heavy (non-hydrogen) atoms. The van der Waals surface area contributed by atoms with Gasteiger partial charge in [0.2, 0.25) is 0 Å². The summed E-state index contributed by atoms with van der Waals surface area (Å²) in [5.41, 5.74) is 2.11. The molecule has 7 heteroatoms. The third-order valence-corrected chi connectivity index (χ3v) is 7.48. The molecule has 1 aromatic carbocycles. The molecule has 0 saturated carbocycles. The Morgan fingerprint density at radius 2 is 1.85 bits per heavy atom. The van der Waals surface area contributed by atoms with Crippen molar-refractivity contribution in [3.8, 4) is 0 Å². The van der Waals surface area contributed by atoms with Crippen LogP contribution in [-0.4, -0.2) is 42.5 Å². The van der Waals surface area contributed by atoms with Crippen molar-refractivity contribution in [1.29, 1.82) is 0 Å². The molecule has 4 rings (SSSR count). The first kappa shape index (κ1) is 18.1. The predicted octanol–water partition coefficient (Wildman–Crippen LogP) is 3.59. The topological polar surface area (TPSA) is 58.9 Å². The molecule has 1 amide bonds. The monoisotopic (exact) mass is 402 g/mol. The van der Waals surface area contributed by atoms with E-state index in [1.54, 1.807) is 35.4 Å². The largest absolute Gasteiger partial charge is 0.338 e.